The molecule has 9 heteroatoms. The molecule has 0 saturated carbocycles. The monoisotopic (exact) mass is 498 g/mol. The van der Waals surface area contributed by atoms with Crippen molar-refractivity contribution in [3.8, 4) is 11.5 Å². The van der Waals surface area contributed by atoms with Crippen molar-refractivity contribution in [3.05, 3.63) is 65.1 Å². The summed E-state index contributed by atoms with van der Waals surface area (Å²) < 4.78 is 6.19. The van der Waals surface area contributed by atoms with Crippen molar-refractivity contribution in [2.24, 2.45) is 0 Å². The van der Waals surface area contributed by atoms with Crippen LogP contribution in [-0.2, 0) is 14.4 Å². The fourth-order valence-electron chi connectivity index (χ4n) is 3.31. The number of rotatable bonds is 11. The molecule has 0 spiro atoms. The maximum atomic E-state index is 13.0. The van der Waals surface area contributed by atoms with Gasteiger partial charge >= 0.3 is 5.97 Å². The summed E-state index contributed by atoms with van der Waals surface area (Å²) in [6, 6.07) is 16.1. The molecular formula is C25H26N2O5S2. The number of carboxylic acid groups (broad SMARTS) is 1. The molecule has 2 N–H and O–H groups in total. The summed E-state index contributed by atoms with van der Waals surface area (Å²) in [5, 5.41) is 11.5. The van der Waals surface area contributed by atoms with Crippen LogP contribution >= 0.6 is 24.0 Å². The lowest BCUT2D eigenvalue weighted by Gasteiger charge is -2.22. The van der Waals surface area contributed by atoms with Crippen molar-refractivity contribution < 1.29 is 24.2 Å². The number of nitrogens with zero attached hydrogens (tertiary/aromatic N) is 1. The minimum Gasteiger partial charge on any atom is -0.481 e. The molecule has 0 aromatic heterocycles. The highest BCUT2D eigenvalue weighted by atomic mass is 32.2. The zero-order valence-electron chi connectivity index (χ0n) is 18.7. The SMILES string of the molecule is CC(C(=O)NCCCCCC(=O)O)N1C(=O)/C(=C/c2cccc(Oc3ccccc3)c2)SC1=S. The van der Waals surface area contributed by atoms with Crippen LogP contribution in [0.1, 0.15) is 38.2 Å². The number of unbranched alkanes of at least 4 members (excludes halogenated alkanes) is 2. The van der Waals surface area contributed by atoms with E-state index in [1.165, 1.54) is 4.90 Å². The molecule has 1 fully saturated rings. The molecule has 1 atom stereocenters. The molecule has 1 aliphatic rings. The van der Waals surface area contributed by atoms with E-state index in [1.807, 2.05) is 54.6 Å². The highest BCUT2D eigenvalue weighted by molar-refractivity contribution is 8.26. The first-order valence-corrected chi connectivity index (χ1v) is 12.2. The molecule has 34 heavy (non-hydrogen) atoms. The Hall–Kier alpha value is -3.17. The molecule has 3 rings (SSSR count). The molecule has 2 amide bonds. The van der Waals surface area contributed by atoms with E-state index in [9.17, 15) is 14.4 Å². The number of aliphatic carboxylic acids is 1. The Bertz CT molecular complexity index is 1090. The molecule has 1 heterocycles. The third-order valence-corrected chi connectivity index (χ3v) is 6.42. The van der Waals surface area contributed by atoms with Crippen LogP contribution in [0, 0.1) is 0 Å². The highest BCUT2D eigenvalue weighted by Gasteiger charge is 2.38. The molecule has 2 aromatic rings. The number of hydrogen-bond acceptors (Lipinski definition) is 6. The summed E-state index contributed by atoms with van der Waals surface area (Å²) in [6.07, 6.45) is 3.81. The first-order chi connectivity index (χ1) is 16.3. The fourth-order valence-corrected chi connectivity index (χ4v) is 4.73. The summed E-state index contributed by atoms with van der Waals surface area (Å²) in [4.78, 5) is 37.9. The minimum atomic E-state index is -0.824. The smallest absolute Gasteiger partial charge is 0.303 e. The first-order valence-electron chi connectivity index (χ1n) is 10.9. The largest absolute Gasteiger partial charge is 0.481 e. The fraction of sp³-hybridized carbons (Fsp3) is 0.280. The Labute approximate surface area is 208 Å². The van der Waals surface area contributed by atoms with Crippen molar-refractivity contribution in [3.63, 3.8) is 0 Å². The third-order valence-electron chi connectivity index (χ3n) is 5.09. The Morgan fingerprint density at radius 2 is 1.85 bits per heavy atom. The Morgan fingerprint density at radius 3 is 2.59 bits per heavy atom. The number of carbonyl (C=O) groups is 3. The Morgan fingerprint density at radius 1 is 1.12 bits per heavy atom. The maximum absolute atomic E-state index is 13.0. The number of nitrogens with one attached hydrogen (secondary N) is 1. The summed E-state index contributed by atoms with van der Waals surface area (Å²) >= 11 is 6.54. The number of ether oxygens (including phenoxy) is 1. The van der Waals surface area contributed by atoms with Crippen LogP contribution in [0.3, 0.4) is 0 Å². The molecule has 1 saturated heterocycles. The van der Waals surface area contributed by atoms with Crippen molar-refractivity contribution in [1.82, 2.24) is 10.2 Å². The Kier molecular flexibility index (Phi) is 9.24. The molecular weight excluding hydrogens is 472 g/mol. The summed E-state index contributed by atoms with van der Waals surface area (Å²) in [6.45, 7) is 2.06. The van der Waals surface area contributed by atoms with Crippen LogP contribution in [0.5, 0.6) is 11.5 Å². The third kappa shape index (κ3) is 7.16. The molecule has 0 bridgehead atoms. The van der Waals surface area contributed by atoms with E-state index in [1.54, 1.807) is 13.0 Å². The van der Waals surface area contributed by atoms with Crippen molar-refractivity contribution >= 4 is 52.2 Å². The van der Waals surface area contributed by atoms with Crippen LogP contribution in [0.25, 0.3) is 6.08 Å². The molecule has 7 nitrogen and oxygen atoms in total. The van der Waals surface area contributed by atoms with Gasteiger partial charge in [-0.2, -0.15) is 0 Å². The van der Waals surface area contributed by atoms with E-state index in [2.05, 4.69) is 5.32 Å². The molecule has 0 radical (unpaired) electrons. The van der Waals surface area contributed by atoms with Gasteiger partial charge in [0.05, 0.1) is 4.91 Å². The number of hydrogen-bond donors (Lipinski definition) is 2. The van der Waals surface area contributed by atoms with Crippen LogP contribution in [0.2, 0.25) is 0 Å². The van der Waals surface area contributed by atoms with E-state index in [0.29, 0.717) is 46.5 Å². The summed E-state index contributed by atoms with van der Waals surface area (Å²) in [7, 11) is 0. The molecule has 1 aliphatic heterocycles. The number of carbonyl (C=O) groups excluding carboxylic acids is 2. The van der Waals surface area contributed by atoms with E-state index < -0.39 is 12.0 Å². The number of carboxylic acids is 1. The van der Waals surface area contributed by atoms with Crippen molar-refractivity contribution in [2.75, 3.05) is 6.54 Å². The number of thioether (sulfide) groups is 1. The molecule has 178 valence electrons. The maximum Gasteiger partial charge on any atom is 0.303 e. The zero-order valence-corrected chi connectivity index (χ0v) is 20.4. The molecule has 2 aromatic carbocycles. The van der Waals surface area contributed by atoms with Gasteiger partial charge in [-0.3, -0.25) is 19.3 Å². The lowest BCUT2D eigenvalue weighted by Crippen LogP contribution is -2.47. The molecule has 0 aliphatic carbocycles. The lowest BCUT2D eigenvalue weighted by molar-refractivity contribution is -0.137. The van der Waals surface area contributed by atoms with Gasteiger partial charge in [0.15, 0.2) is 0 Å². The Balaban J connectivity index is 1.59. The van der Waals surface area contributed by atoms with Crippen LogP contribution in [0.15, 0.2) is 59.5 Å². The second-order valence-electron chi connectivity index (χ2n) is 7.71. The number of amides is 2. The van der Waals surface area contributed by atoms with Gasteiger partial charge in [-0.25, -0.2) is 0 Å². The van der Waals surface area contributed by atoms with Gasteiger partial charge in [-0.1, -0.05) is 60.7 Å². The summed E-state index contributed by atoms with van der Waals surface area (Å²) in [5.74, 6) is -0.0720. The van der Waals surface area contributed by atoms with Crippen LogP contribution in [0.4, 0.5) is 0 Å². The van der Waals surface area contributed by atoms with Gasteiger partial charge < -0.3 is 15.2 Å². The quantitative estimate of drug-likeness (QED) is 0.260. The zero-order chi connectivity index (χ0) is 24.5. The van der Waals surface area contributed by atoms with Gasteiger partial charge in [-0.15, -0.1) is 0 Å². The number of thiocarbonyl (C=S) groups is 1. The number of para-hydroxylation sites is 1. The normalized spacial score (nSPS) is 15.4. The highest BCUT2D eigenvalue weighted by Crippen LogP contribution is 2.34. The van der Waals surface area contributed by atoms with Gasteiger partial charge in [-0.05, 0) is 55.7 Å². The van der Waals surface area contributed by atoms with E-state index in [4.69, 9.17) is 22.1 Å². The number of benzene rings is 2. The van der Waals surface area contributed by atoms with Gasteiger partial charge in [0.1, 0.15) is 21.9 Å². The molecule has 1 unspecified atom stereocenters. The van der Waals surface area contributed by atoms with Gasteiger partial charge in [0.25, 0.3) is 5.91 Å². The first kappa shape index (κ1) is 25.5. The van der Waals surface area contributed by atoms with E-state index in [-0.39, 0.29) is 18.2 Å². The standard InChI is InChI=1S/C25H26N2O5S2/c1-17(23(30)26-14-7-3-6-13-22(28)29)27-24(31)21(34-25(27)33)16-18-9-8-12-20(15-18)32-19-10-4-2-5-11-19/h2,4-5,8-12,15-17H,3,6-7,13-14H2,1H3,(H,26,30)(H,28,29)/b21-16-. The van der Waals surface area contributed by atoms with Crippen LogP contribution in [-0.4, -0.2) is 44.7 Å². The topological polar surface area (TPSA) is 95.9 Å². The second kappa shape index (κ2) is 12.3. The predicted octanol–water partition coefficient (Wildman–Crippen LogP) is 4.83. The lowest BCUT2D eigenvalue weighted by atomic mass is 10.2. The van der Waals surface area contributed by atoms with Crippen molar-refractivity contribution in [1.29, 1.82) is 0 Å². The minimum absolute atomic E-state index is 0.120. The second-order valence-corrected chi connectivity index (χ2v) is 9.39. The van der Waals surface area contributed by atoms with E-state index in [0.717, 1.165) is 17.3 Å². The van der Waals surface area contributed by atoms with Crippen molar-refractivity contribution in [2.45, 2.75) is 38.6 Å². The van der Waals surface area contributed by atoms with Gasteiger partial charge in [0, 0.05) is 13.0 Å². The average molecular weight is 499 g/mol. The average Bonchev–Trinajstić information content (AvgIpc) is 3.08. The predicted molar refractivity (Wildman–Crippen MR) is 137 cm³/mol. The summed E-state index contributed by atoms with van der Waals surface area (Å²) in [5.41, 5.74) is 0.785. The van der Waals surface area contributed by atoms with Crippen LogP contribution < -0.4 is 10.1 Å². The van der Waals surface area contributed by atoms with Gasteiger partial charge in [0.2, 0.25) is 5.91 Å². The van der Waals surface area contributed by atoms with E-state index >= 15 is 0 Å².